The number of thiophene rings is 1. The Morgan fingerprint density at radius 3 is 2.55 bits per heavy atom. The molecule has 0 saturated heterocycles. The van der Waals surface area contributed by atoms with Crippen molar-refractivity contribution >= 4 is 17.2 Å². The highest BCUT2D eigenvalue weighted by atomic mass is 32.1. The molecule has 2 nitrogen and oxygen atoms in total. The van der Waals surface area contributed by atoms with Crippen molar-refractivity contribution in [1.29, 1.82) is 0 Å². The Kier molecular flexibility index (Phi) is 4.94. The summed E-state index contributed by atoms with van der Waals surface area (Å²) in [5, 5.41) is 5.27. The van der Waals surface area contributed by atoms with Crippen LogP contribution in [0, 0.1) is 0 Å². The van der Waals surface area contributed by atoms with Crippen LogP contribution in [0.1, 0.15) is 42.5 Å². The summed E-state index contributed by atoms with van der Waals surface area (Å²) in [5.41, 5.74) is 1.09. The first-order valence-electron chi connectivity index (χ1n) is 8.17. The van der Waals surface area contributed by atoms with Gasteiger partial charge in [-0.25, -0.2) is 0 Å². The summed E-state index contributed by atoms with van der Waals surface area (Å²) in [6, 6.07) is 14.6. The molecule has 3 rings (SSSR count). The van der Waals surface area contributed by atoms with Gasteiger partial charge in [0, 0.05) is 11.4 Å². The monoisotopic (exact) mass is 313 g/mol. The topological polar surface area (TPSA) is 29.1 Å². The van der Waals surface area contributed by atoms with Gasteiger partial charge in [-0.15, -0.1) is 11.3 Å². The predicted octanol–water partition coefficient (Wildman–Crippen LogP) is 4.31. The molecule has 1 aromatic heterocycles. The van der Waals surface area contributed by atoms with E-state index < -0.39 is 0 Å². The Morgan fingerprint density at radius 2 is 1.86 bits per heavy atom. The molecule has 0 unspecified atom stereocenters. The van der Waals surface area contributed by atoms with E-state index in [2.05, 4.69) is 47.1 Å². The number of hydrogen-bond acceptors (Lipinski definition) is 2. The Bertz CT molecular complexity index is 585. The number of carbonyl (C=O) groups excluding carboxylic acids is 1. The first kappa shape index (κ1) is 15.3. The van der Waals surface area contributed by atoms with E-state index in [1.807, 2.05) is 6.07 Å². The highest BCUT2D eigenvalue weighted by Gasteiger charge is 2.43. The molecule has 0 aliphatic heterocycles. The maximum Gasteiger partial charge on any atom is 0.231 e. The predicted molar refractivity (Wildman–Crippen MR) is 92.2 cm³/mol. The highest BCUT2D eigenvalue weighted by molar-refractivity contribution is 7.10. The van der Waals surface area contributed by atoms with Crippen LogP contribution in [0.25, 0.3) is 0 Å². The molecule has 0 radical (unpaired) electrons. The normalized spacial score (nSPS) is 16.5. The molecule has 1 heterocycles. The van der Waals surface area contributed by atoms with E-state index in [1.54, 1.807) is 11.3 Å². The maximum absolute atomic E-state index is 12.8. The molecule has 1 fully saturated rings. The zero-order chi connectivity index (χ0) is 15.3. The smallest absolute Gasteiger partial charge is 0.231 e. The molecular formula is C19H23NOS. The molecule has 0 atom stereocenters. The number of nitrogens with one attached hydrogen (secondary N) is 1. The molecule has 2 aromatic rings. The Morgan fingerprint density at radius 1 is 1.09 bits per heavy atom. The number of amides is 1. The van der Waals surface area contributed by atoms with Crippen molar-refractivity contribution in [2.24, 2.45) is 0 Å². The molecule has 1 aliphatic carbocycles. The first-order chi connectivity index (χ1) is 10.8. The van der Waals surface area contributed by atoms with Crippen LogP contribution in [0.5, 0.6) is 0 Å². The third-order valence-corrected chi connectivity index (χ3v) is 5.73. The molecule has 116 valence electrons. The summed E-state index contributed by atoms with van der Waals surface area (Å²) >= 11 is 1.72. The van der Waals surface area contributed by atoms with E-state index in [4.69, 9.17) is 0 Å². The van der Waals surface area contributed by atoms with Crippen molar-refractivity contribution in [2.45, 2.75) is 43.9 Å². The van der Waals surface area contributed by atoms with Crippen LogP contribution in [-0.4, -0.2) is 12.5 Å². The summed E-state index contributed by atoms with van der Waals surface area (Å²) in [7, 11) is 0. The fourth-order valence-electron chi connectivity index (χ4n) is 3.42. The lowest BCUT2D eigenvalue weighted by Gasteiger charge is -2.26. The number of aryl methyl sites for hydroxylation is 1. The van der Waals surface area contributed by atoms with E-state index >= 15 is 0 Å². The van der Waals surface area contributed by atoms with Gasteiger partial charge < -0.3 is 5.32 Å². The molecule has 22 heavy (non-hydrogen) atoms. The summed E-state index contributed by atoms with van der Waals surface area (Å²) < 4.78 is 0. The summed E-state index contributed by atoms with van der Waals surface area (Å²) in [6.07, 6.45) is 6.34. The van der Waals surface area contributed by atoms with Crippen LogP contribution >= 0.6 is 11.3 Å². The van der Waals surface area contributed by atoms with Gasteiger partial charge in [-0.2, -0.15) is 0 Å². The van der Waals surface area contributed by atoms with Gasteiger partial charge in [-0.05, 0) is 42.7 Å². The Balaban J connectivity index is 1.54. The van der Waals surface area contributed by atoms with Gasteiger partial charge in [0.15, 0.2) is 0 Å². The third-order valence-electron chi connectivity index (χ3n) is 4.66. The van der Waals surface area contributed by atoms with E-state index in [1.165, 1.54) is 10.4 Å². The second-order valence-corrected chi connectivity index (χ2v) is 7.06. The number of hydrogen-bond donors (Lipinski definition) is 1. The largest absolute Gasteiger partial charge is 0.355 e. The van der Waals surface area contributed by atoms with Crippen LogP contribution in [0.3, 0.4) is 0 Å². The summed E-state index contributed by atoms with van der Waals surface area (Å²) in [5.74, 6) is 0.237. The van der Waals surface area contributed by atoms with Crippen molar-refractivity contribution in [3.8, 4) is 0 Å². The number of carbonyl (C=O) groups is 1. The average molecular weight is 313 g/mol. The van der Waals surface area contributed by atoms with Gasteiger partial charge in [0.25, 0.3) is 0 Å². The fraction of sp³-hybridized carbons (Fsp3) is 0.421. The van der Waals surface area contributed by atoms with Crippen LogP contribution in [0.2, 0.25) is 0 Å². The van der Waals surface area contributed by atoms with Gasteiger partial charge in [0.2, 0.25) is 5.91 Å². The lowest BCUT2D eigenvalue weighted by molar-refractivity contribution is -0.126. The Hall–Kier alpha value is -1.61. The maximum atomic E-state index is 12.8. The van der Waals surface area contributed by atoms with E-state index in [9.17, 15) is 4.79 Å². The standard InChI is InChI=1S/C19H23NOS/c21-18(20-14-6-10-16-8-2-1-3-9-16)19(12-4-5-13-19)17-11-7-15-22-17/h1-3,7-9,11,15H,4-6,10,12-14H2,(H,20,21). The molecule has 1 saturated carbocycles. The second kappa shape index (κ2) is 7.10. The van der Waals surface area contributed by atoms with Crippen molar-refractivity contribution in [2.75, 3.05) is 6.54 Å². The zero-order valence-corrected chi connectivity index (χ0v) is 13.7. The molecule has 1 amide bonds. The van der Waals surface area contributed by atoms with E-state index in [0.717, 1.165) is 45.1 Å². The third kappa shape index (κ3) is 3.25. The van der Waals surface area contributed by atoms with Gasteiger partial charge in [0.05, 0.1) is 5.41 Å². The zero-order valence-electron chi connectivity index (χ0n) is 12.9. The SMILES string of the molecule is O=C(NCCCc1ccccc1)C1(c2cccs2)CCCC1. The minimum absolute atomic E-state index is 0.237. The van der Waals surface area contributed by atoms with Crippen molar-refractivity contribution < 1.29 is 4.79 Å². The minimum atomic E-state index is -0.249. The minimum Gasteiger partial charge on any atom is -0.355 e. The molecule has 0 spiro atoms. The van der Waals surface area contributed by atoms with Gasteiger partial charge in [-0.1, -0.05) is 49.2 Å². The van der Waals surface area contributed by atoms with Crippen LogP contribution < -0.4 is 5.32 Å². The van der Waals surface area contributed by atoms with E-state index in [-0.39, 0.29) is 11.3 Å². The molecule has 1 aliphatic rings. The highest BCUT2D eigenvalue weighted by Crippen LogP contribution is 2.43. The van der Waals surface area contributed by atoms with Crippen LogP contribution in [-0.2, 0) is 16.6 Å². The van der Waals surface area contributed by atoms with E-state index in [0.29, 0.717) is 0 Å². The van der Waals surface area contributed by atoms with Gasteiger partial charge in [-0.3, -0.25) is 4.79 Å². The molecule has 1 N–H and O–H groups in total. The van der Waals surface area contributed by atoms with Gasteiger partial charge in [0.1, 0.15) is 0 Å². The average Bonchev–Trinajstić information content (AvgIpc) is 3.23. The van der Waals surface area contributed by atoms with Crippen molar-refractivity contribution in [3.05, 3.63) is 58.3 Å². The number of rotatable bonds is 6. The summed E-state index contributed by atoms with van der Waals surface area (Å²) in [6.45, 7) is 0.765. The second-order valence-electron chi connectivity index (χ2n) is 6.11. The molecule has 0 bridgehead atoms. The lowest BCUT2D eigenvalue weighted by atomic mass is 9.83. The van der Waals surface area contributed by atoms with Crippen LogP contribution in [0.4, 0.5) is 0 Å². The fourth-order valence-corrected chi connectivity index (χ4v) is 4.41. The van der Waals surface area contributed by atoms with Crippen LogP contribution in [0.15, 0.2) is 47.8 Å². The first-order valence-corrected chi connectivity index (χ1v) is 9.05. The quantitative estimate of drug-likeness (QED) is 0.791. The van der Waals surface area contributed by atoms with Crippen molar-refractivity contribution in [1.82, 2.24) is 5.32 Å². The molecule has 3 heteroatoms. The van der Waals surface area contributed by atoms with Gasteiger partial charge >= 0.3 is 0 Å². The lowest BCUT2D eigenvalue weighted by Crippen LogP contribution is -2.42. The Labute approximate surface area is 136 Å². The number of benzene rings is 1. The summed E-state index contributed by atoms with van der Waals surface area (Å²) in [4.78, 5) is 14.0. The van der Waals surface area contributed by atoms with Crippen molar-refractivity contribution in [3.63, 3.8) is 0 Å². The molecule has 1 aromatic carbocycles. The molecular weight excluding hydrogens is 290 g/mol.